The van der Waals surface area contributed by atoms with Crippen molar-refractivity contribution in [3.8, 4) is 0 Å². The molecule has 2 aromatic rings. The Bertz CT molecular complexity index is 867. The van der Waals surface area contributed by atoms with Crippen molar-refractivity contribution in [2.24, 2.45) is 0 Å². The summed E-state index contributed by atoms with van der Waals surface area (Å²) in [6.45, 7) is 4.86. The molecule has 9 nitrogen and oxygen atoms in total. The molecule has 2 aromatic heterocycles. The van der Waals surface area contributed by atoms with Crippen LogP contribution in [0, 0.1) is 0 Å². The topological polar surface area (TPSA) is 105 Å². The van der Waals surface area contributed by atoms with Crippen LogP contribution in [0.5, 0.6) is 0 Å². The van der Waals surface area contributed by atoms with Gasteiger partial charge >= 0.3 is 5.97 Å². The van der Waals surface area contributed by atoms with E-state index in [-0.39, 0.29) is 30.9 Å². The molecule has 0 atom stereocenters. The average molecular weight is 414 g/mol. The minimum atomic E-state index is -0.346. The van der Waals surface area contributed by atoms with Crippen molar-refractivity contribution in [1.29, 1.82) is 0 Å². The molecular weight excluding hydrogens is 388 g/mol. The summed E-state index contributed by atoms with van der Waals surface area (Å²) in [5, 5.41) is 2.66. The first-order valence-corrected chi connectivity index (χ1v) is 9.90. The second-order valence-electron chi connectivity index (χ2n) is 7.08. The first kappa shape index (κ1) is 21.5. The summed E-state index contributed by atoms with van der Waals surface area (Å²) in [5.41, 5.74) is 0.430. The molecule has 0 aliphatic carbocycles. The van der Waals surface area contributed by atoms with E-state index < -0.39 is 0 Å². The Morgan fingerprint density at radius 1 is 1.13 bits per heavy atom. The van der Waals surface area contributed by atoms with Crippen LogP contribution in [0.3, 0.4) is 0 Å². The molecule has 3 heterocycles. The number of rotatable bonds is 7. The van der Waals surface area contributed by atoms with Crippen LogP contribution >= 0.6 is 0 Å². The predicted molar refractivity (Wildman–Crippen MR) is 107 cm³/mol. The van der Waals surface area contributed by atoms with Gasteiger partial charge in [-0.3, -0.25) is 24.3 Å². The number of carbonyl (C=O) groups is 3. The summed E-state index contributed by atoms with van der Waals surface area (Å²) in [7, 11) is 0. The van der Waals surface area contributed by atoms with Crippen molar-refractivity contribution >= 4 is 17.8 Å². The van der Waals surface area contributed by atoms with Crippen LogP contribution in [0.25, 0.3) is 0 Å². The SMILES string of the molecule is CC(=O)OCc1ccc(CN2CCCN(C(=O)CNC(=O)c3cccnc3)CC2)o1. The summed E-state index contributed by atoms with van der Waals surface area (Å²) in [6, 6.07) is 7.01. The minimum Gasteiger partial charge on any atom is -0.461 e. The summed E-state index contributed by atoms with van der Waals surface area (Å²) >= 11 is 0. The highest BCUT2D eigenvalue weighted by atomic mass is 16.5. The fourth-order valence-electron chi connectivity index (χ4n) is 3.22. The lowest BCUT2D eigenvalue weighted by molar-refractivity contribution is -0.142. The van der Waals surface area contributed by atoms with Gasteiger partial charge in [-0.05, 0) is 30.7 Å². The van der Waals surface area contributed by atoms with Crippen LogP contribution in [-0.2, 0) is 27.5 Å². The van der Waals surface area contributed by atoms with Gasteiger partial charge in [-0.2, -0.15) is 0 Å². The Kier molecular flexibility index (Phi) is 7.56. The molecule has 3 rings (SSSR count). The molecule has 1 aliphatic heterocycles. The Morgan fingerprint density at radius 3 is 2.73 bits per heavy atom. The molecule has 1 aliphatic rings. The van der Waals surface area contributed by atoms with Crippen molar-refractivity contribution in [2.45, 2.75) is 26.5 Å². The van der Waals surface area contributed by atoms with Crippen molar-refractivity contribution in [1.82, 2.24) is 20.1 Å². The van der Waals surface area contributed by atoms with Crippen LogP contribution in [0.2, 0.25) is 0 Å². The highest BCUT2D eigenvalue weighted by Gasteiger charge is 2.20. The minimum absolute atomic E-state index is 0.0363. The van der Waals surface area contributed by atoms with E-state index in [0.717, 1.165) is 18.7 Å². The first-order valence-electron chi connectivity index (χ1n) is 9.90. The van der Waals surface area contributed by atoms with Crippen LogP contribution < -0.4 is 5.32 Å². The van der Waals surface area contributed by atoms with Gasteiger partial charge in [0.15, 0.2) is 0 Å². The van der Waals surface area contributed by atoms with Crippen LogP contribution in [0.1, 0.15) is 35.2 Å². The van der Waals surface area contributed by atoms with E-state index in [0.29, 0.717) is 37.5 Å². The largest absolute Gasteiger partial charge is 0.461 e. The summed E-state index contributed by atoms with van der Waals surface area (Å²) in [6.07, 6.45) is 3.90. The second-order valence-corrected chi connectivity index (χ2v) is 7.08. The predicted octanol–water partition coefficient (Wildman–Crippen LogP) is 1.20. The van der Waals surface area contributed by atoms with E-state index in [9.17, 15) is 14.4 Å². The van der Waals surface area contributed by atoms with E-state index in [1.165, 1.54) is 13.1 Å². The van der Waals surface area contributed by atoms with Gasteiger partial charge < -0.3 is 19.4 Å². The van der Waals surface area contributed by atoms with Gasteiger partial charge in [-0.25, -0.2) is 0 Å². The van der Waals surface area contributed by atoms with Crippen LogP contribution in [-0.4, -0.2) is 65.3 Å². The number of amides is 2. The Hall–Kier alpha value is -3.20. The zero-order chi connectivity index (χ0) is 21.3. The van der Waals surface area contributed by atoms with Gasteiger partial charge in [0, 0.05) is 45.5 Å². The maximum atomic E-state index is 12.5. The second kappa shape index (κ2) is 10.5. The van der Waals surface area contributed by atoms with Gasteiger partial charge in [0.25, 0.3) is 5.91 Å². The number of aromatic nitrogens is 1. The molecule has 0 bridgehead atoms. The van der Waals surface area contributed by atoms with E-state index in [1.807, 2.05) is 6.07 Å². The summed E-state index contributed by atoms with van der Waals surface area (Å²) in [4.78, 5) is 43.4. The number of furan rings is 1. The number of ether oxygens (including phenoxy) is 1. The van der Waals surface area contributed by atoms with Crippen molar-refractivity contribution in [3.63, 3.8) is 0 Å². The Morgan fingerprint density at radius 2 is 1.97 bits per heavy atom. The number of hydrogen-bond donors (Lipinski definition) is 1. The van der Waals surface area contributed by atoms with Crippen LogP contribution in [0.4, 0.5) is 0 Å². The maximum Gasteiger partial charge on any atom is 0.303 e. The number of hydrogen-bond acceptors (Lipinski definition) is 7. The normalized spacial score (nSPS) is 14.8. The average Bonchev–Trinajstić information content (AvgIpc) is 3.06. The quantitative estimate of drug-likeness (QED) is 0.679. The highest BCUT2D eigenvalue weighted by molar-refractivity contribution is 5.96. The molecule has 160 valence electrons. The highest BCUT2D eigenvalue weighted by Crippen LogP contribution is 2.14. The standard InChI is InChI=1S/C21H26N4O5/c1-16(26)29-15-19-6-5-18(30-19)14-24-8-3-9-25(11-10-24)20(27)13-23-21(28)17-4-2-7-22-12-17/h2,4-7,12H,3,8-11,13-15H2,1H3,(H,23,28). The van der Waals surface area contributed by atoms with Crippen molar-refractivity contribution < 1.29 is 23.5 Å². The zero-order valence-corrected chi connectivity index (χ0v) is 17.0. The molecule has 1 N–H and O–H groups in total. The maximum absolute atomic E-state index is 12.5. The summed E-state index contributed by atoms with van der Waals surface area (Å²) in [5.74, 6) is 0.643. The fourth-order valence-corrected chi connectivity index (χ4v) is 3.22. The van der Waals surface area contributed by atoms with E-state index >= 15 is 0 Å². The van der Waals surface area contributed by atoms with E-state index in [2.05, 4.69) is 15.2 Å². The van der Waals surface area contributed by atoms with Gasteiger partial charge in [0.1, 0.15) is 18.1 Å². The zero-order valence-electron chi connectivity index (χ0n) is 17.0. The first-order chi connectivity index (χ1) is 14.5. The molecule has 30 heavy (non-hydrogen) atoms. The van der Waals surface area contributed by atoms with Gasteiger partial charge in [-0.1, -0.05) is 0 Å². The third kappa shape index (κ3) is 6.41. The number of nitrogens with zero attached hydrogens (tertiary/aromatic N) is 3. The van der Waals surface area contributed by atoms with E-state index in [1.54, 1.807) is 29.3 Å². The van der Waals surface area contributed by atoms with Gasteiger partial charge in [0.2, 0.25) is 5.91 Å². The van der Waals surface area contributed by atoms with Crippen LogP contribution in [0.15, 0.2) is 41.1 Å². The molecule has 0 unspecified atom stereocenters. The lowest BCUT2D eigenvalue weighted by atomic mass is 10.2. The van der Waals surface area contributed by atoms with Gasteiger partial charge in [0.05, 0.1) is 18.7 Å². The fraction of sp³-hybridized carbons (Fsp3) is 0.429. The number of esters is 1. The molecule has 0 saturated carbocycles. The molecule has 1 saturated heterocycles. The third-order valence-electron chi connectivity index (χ3n) is 4.78. The number of pyridine rings is 1. The third-order valence-corrected chi connectivity index (χ3v) is 4.78. The molecular formula is C21H26N4O5. The number of carbonyl (C=O) groups excluding carboxylic acids is 3. The lowest BCUT2D eigenvalue weighted by Crippen LogP contribution is -2.42. The molecule has 0 aromatic carbocycles. The monoisotopic (exact) mass is 414 g/mol. The van der Waals surface area contributed by atoms with E-state index in [4.69, 9.17) is 9.15 Å². The molecule has 0 radical (unpaired) electrons. The smallest absolute Gasteiger partial charge is 0.303 e. The van der Waals surface area contributed by atoms with Crippen molar-refractivity contribution in [2.75, 3.05) is 32.7 Å². The molecule has 0 spiro atoms. The van der Waals surface area contributed by atoms with Crippen molar-refractivity contribution in [3.05, 3.63) is 53.7 Å². The molecule has 2 amide bonds. The molecule has 9 heteroatoms. The summed E-state index contributed by atoms with van der Waals surface area (Å²) < 4.78 is 10.6. The lowest BCUT2D eigenvalue weighted by Gasteiger charge is -2.21. The van der Waals surface area contributed by atoms with Gasteiger partial charge in [-0.15, -0.1) is 0 Å². The Balaban J connectivity index is 1.43. The number of nitrogens with one attached hydrogen (secondary N) is 1. The molecule has 1 fully saturated rings. The Labute approximate surface area is 175 Å².